The number of hydrogen-bond acceptors (Lipinski definition) is 5. The van der Waals surface area contributed by atoms with Crippen molar-refractivity contribution in [1.29, 1.82) is 0 Å². The van der Waals surface area contributed by atoms with Gasteiger partial charge in [0.25, 0.3) is 0 Å². The molecule has 25 heavy (non-hydrogen) atoms. The molecule has 0 radical (unpaired) electrons. The Hall–Kier alpha value is -2.92. The van der Waals surface area contributed by atoms with E-state index in [0.717, 1.165) is 11.1 Å². The molecule has 5 nitrogen and oxygen atoms in total. The van der Waals surface area contributed by atoms with Crippen molar-refractivity contribution in [3.8, 4) is 11.3 Å². The highest BCUT2D eigenvalue weighted by Gasteiger charge is 2.15. The molecule has 4 rings (SSSR count). The fourth-order valence-electron chi connectivity index (χ4n) is 2.58. The Labute approximate surface area is 149 Å². The van der Waals surface area contributed by atoms with Gasteiger partial charge in [0, 0.05) is 17.1 Å². The number of fused-ring (bicyclic) bond motifs is 1. The molecule has 0 atom stereocenters. The predicted molar refractivity (Wildman–Crippen MR) is 98.6 cm³/mol. The standard InChI is InChI=1S/C19H15ClN4O/c1-12-2-6-14(7-3-12)16-17-18(25-24-16)19(23-11-22-17)21-10-13-4-8-15(20)9-5-13/h2-9,11H,10H2,1H3,(H,21,22,23). The largest absolute Gasteiger partial charge is 0.363 e. The molecule has 6 heteroatoms. The van der Waals surface area contributed by atoms with E-state index in [1.807, 2.05) is 55.5 Å². The summed E-state index contributed by atoms with van der Waals surface area (Å²) in [6, 6.07) is 15.7. The number of benzene rings is 2. The average molecular weight is 351 g/mol. The summed E-state index contributed by atoms with van der Waals surface area (Å²) in [6.45, 7) is 2.65. The van der Waals surface area contributed by atoms with Gasteiger partial charge in [0.2, 0.25) is 5.58 Å². The topological polar surface area (TPSA) is 63.8 Å². The molecule has 2 aromatic carbocycles. The number of halogens is 1. The summed E-state index contributed by atoms with van der Waals surface area (Å²) in [7, 11) is 0. The van der Waals surface area contributed by atoms with E-state index in [1.165, 1.54) is 11.9 Å². The summed E-state index contributed by atoms with van der Waals surface area (Å²) in [5.74, 6) is 0.616. The number of nitrogens with zero attached hydrogens (tertiary/aromatic N) is 3. The molecule has 0 aliphatic rings. The van der Waals surface area contributed by atoms with Gasteiger partial charge in [-0.3, -0.25) is 0 Å². The van der Waals surface area contributed by atoms with Crippen molar-refractivity contribution in [2.45, 2.75) is 13.5 Å². The van der Waals surface area contributed by atoms with Crippen molar-refractivity contribution >= 4 is 28.5 Å². The van der Waals surface area contributed by atoms with Crippen LogP contribution in [0.25, 0.3) is 22.4 Å². The van der Waals surface area contributed by atoms with Crippen LogP contribution in [-0.2, 0) is 6.54 Å². The van der Waals surface area contributed by atoms with Crippen LogP contribution in [0.5, 0.6) is 0 Å². The summed E-state index contributed by atoms with van der Waals surface area (Å²) in [5.41, 5.74) is 5.20. The molecule has 124 valence electrons. The molecule has 0 bridgehead atoms. The number of nitrogens with one attached hydrogen (secondary N) is 1. The molecule has 0 unspecified atom stereocenters. The van der Waals surface area contributed by atoms with Gasteiger partial charge in [-0.1, -0.05) is 58.7 Å². The Morgan fingerprint density at radius 1 is 1.00 bits per heavy atom. The zero-order valence-electron chi connectivity index (χ0n) is 13.5. The maximum absolute atomic E-state index is 5.91. The van der Waals surface area contributed by atoms with Gasteiger partial charge in [-0.15, -0.1) is 0 Å². The van der Waals surface area contributed by atoms with E-state index < -0.39 is 0 Å². The second-order valence-corrected chi connectivity index (χ2v) is 6.21. The fourth-order valence-corrected chi connectivity index (χ4v) is 2.70. The Kier molecular flexibility index (Phi) is 4.07. The van der Waals surface area contributed by atoms with Gasteiger partial charge in [-0.05, 0) is 24.6 Å². The molecular formula is C19H15ClN4O. The van der Waals surface area contributed by atoms with Crippen molar-refractivity contribution in [2.75, 3.05) is 5.32 Å². The Morgan fingerprint density at radius 2 is 1.76 bits per heavy atom. The van der Waals surface area contributed by atoms with E-state index in [2.05, 4.69) is 20.4 Å². The van der Waals surface area contributed by atoms with E-state index in [1.54, 1.807) is 0 Å². The van der Waals surface area contributed by atoms with Gasteiger partial charge in [-0.25, -0.2) is 9.97 Å². The lowest BCUT2D eigenvalue weighted by Crippen LogP contribution is -2.01. The van der Waals surface area contributed by atoms with Gasteiger partial charge in [0.1, 0.15) is 17.5 Å². The summed E-state index contributed by atoms with van der Waals surface area (Å²) in [5, 5.41) is 8.17. The molecule has 0 aliphatic carbocycles. The summed E-state index contributed by atoms with van der Waals surface area (Å²) >= 11 is 5.91. The first kappa shape index (κ1) is 15.6. The summed E-state index contributed by atoms with van der Waals surface area (Å²) in [4.78, 5) is 8.62. The van der Waals surface area contributed by atoms with E-state index in [0.29, 0.717) is 34.2 Å². The highest BCUT2D eigenvalue weighted by Crippen LogP contribution is 2.29. The maximum Gasteiger partial charge on any atom is 0.228 e. The van der Waals surface area contributed by atoms with Gasteiger partial charge < -0.3 is 9.84 Å². The Balaban J connectivity index is 1.64. The summed E-state index contributed by atoms with van der Waals surface area (Å²) < 4.78 is 5.51. The third-order valence-corrected chi connectivity index (χ3v) is 4.21. The highest BCUT2D eigenvalue weighted by atomic mass is 35.5. The minimum Gasteiger partial charge on any atom is -0.363 e. The smallest absolute Gasteiger partial charge is 0.228 e. The number of aryl methyl sites for hydroxylation is 1. The van der Waals surface area contributed by atoms with Crippen LogP contribution >= 0.6 is 11.6 Å². The molecular weight excluding hydrogens is 336 g/mol. The van der Waals surface area contributed by atoms with Gasteiger partial charge in [-0.2, -0.15) is 0 Å². The predicted octanol–water partition coefficient (Wildman–Crippen LogP) is 4.86. The number of hydrogen-bond donors (Lipinski definition) is 1. The van der Waals surface area contributed by atoms with E-state index in [4.69, 9.17) is 16.1 Å². The molecule has 1 N–H and O–H groups in total. The fraction of sp³-hybridized carbons (Fsp3) is 0.105. The van der Waals surface area contributed by atoms with Crippen LogP contribution in [0, 0.1) is 6.92 Å². The second kappa shape index (κ2) is 6.53. The second-order valence-electron chi connectivity index (χ2n) is 5.78. The zero-order chi connectivity index (χ0) is 17.2. The van der Waals surface area contributed by atoms with Crippen LogP contribution in [0.1, 0.15) is 11.1 Å². The third-order valence-electron chi connectivity index (χ3n) is 3.95. The molecule has 0 aliphatic heterocycles. The quantitative estimate of drug-likeness (QED) is 0.569. The van der Waals surface area contributed by atoms with Crippen molar-refractivity contribution in [3.05, 3.63) is 71.0 Å². The normalized spacial score (nSPS) is 11.0. The first-order chi connectivity index (χ1) is 12.2. The minimum atomic E-state index is 0.548. The summed E-state index contributed by atoms with van der Waals surface area (Å²) in [6.07, 6.45) is 1.52. The zero-order valence-corrected chi connectivity index (χ0v) is 14.3. The van der Waals surface area contributed by atoms with E-state index in [-0.39, 0.29) is 0 Å². The van der Waals surface area contributed by atoms with Gasteiger partial charge >= 0.3 is 0 Å². The van der Waals surface area contributed by atoms with E-state index in [9.17, 15) is 0 Å². The molecule has 0 amide bonds. The highest BCUT2D eigenvalue weighted by molar-refractivity contribution is 6.30. The first-order valence-electron chi connectivity index (χ1n) is 7.86. The van der Waals surface area contributed by atoms with Gasteiger partial charge in [0.15, 0.2) is 5.82 Å². The molecule has 2 heterocycles. The lowest BCUT2D eigenvalue weighted by atomic mass is 10.1. The average Bonchev–Trinajstić information content (AvgIpc) is 3.07. The SMILES string of the molecule is Cc1ccc(-c2noc3c(NCc4ccc(Cl)cc4)ncnc23)cc1. The number of rotatable bonds is 4. The van der Waals surface area contributed by atoms with Crippen molar-refractivity contribution < 1.29 is 4.52 Å². The number of anilines is 1. The van der Waals surface area contributed by atoms with Crippen molar-refractivity contribution in [1.82, 2.24) is 15.1 Å². The van der Waals surface area contributed by atoms with Crippen LogP contribution < -0.4 is 5.32 Å². The first-order valence-corrected chi connectivity index (χ1v) is 8.24. The van der Waals surface area contributed by atoms with Crippen LogP contribution in [0.15, 0.2) is 59.4 Å². The Bertz CT molecular complexity index is 1010. The molecule has 4 aromatic rings. The van der Waals surface area contributed by atoms with Crippen LogP contribution in [0.3, 0.4) is 0 Å². The van der Waals surface area contributed by atoms with Gasteiger partial charge in [0.05, 0.1) is 0 Å². The molecule has 0 fully saturated rings. The Morgan fingerprint density at radius 3 is 2.52 bits per heavy atom. The lowest BCUT2D eigenvalue weighted by Gasteiger charge is -2.05. The molecule has 0 saturated carbocycles. The molecule has 2 aromatic heterocycles. The van der Waals surface area contributed by atoms with Crippen LogP contribution in [0.2, 0.25) is 5.02 Å². The van der Waals surface area contributed by atoms with Crippen LogP contribution in [0.4, 0.5) is 5.82 Å². The number of aromatic nitrogens is 3. The van der Waals surface area contributed by atoms with E-state index >= 15 is 0 Å². The monoisotopic (exact) mass is 350 g/mol. The van der Waals surface area contributed by atoms with Crippen molar-refractivity contribution in [3.63, 3.8) is 0 Å². The third kappa shape index (κ3) is 3.19. The maximum atomic E-state index is 5.91. The minimum absolute atomic E-state index is 0.548. The van der Waals surface area contributed by atoms with Crippen LogP contribution in [-0.4, -0.2) is 15.1 Å². The lowest BCUT2D eigenvalue weighted by molar-refractivity contribution is 0.459. The van der Waals surface area contributed by atoms with Crippen molar-refractivity contribution in [2.24, 2.45) is 0 Å². The molecule has 0 spiro atoms. The molecule has 0 saturated heterocycles.